The topological polar surface area (TPSA) is 54.5 Å². The van der Waals surface area contributed by atoms with Crippen LogP contribution in [0.3, 0.4) is 0 Å². The Balaban J connectivity index is 2.68. The molecule has 1 unspecified atom stereocenters. The third-order valence-corrected chi connectivity index (χ3v) is 6.42. The maximum absolute atomic E-state index is 13.1. The van der Waals surface area contributed by atoms with Gasteiger partial charge in [0.2, 0.25) is 5.24 Å². The fourth-order valence-corrected chi connectivity index (χ4v) is 4.43. The maximum atomic E-state index is 13.1. The highest BCUT2D eigenvalue weighted by molar-refractivity contribution is 7.93. The van der Waals surface area contributed by atoms with Crippen LogP contribution >= 0.6 is 34.8 Å². The summed E-state index contributed by atoms with van der Waals surface area (Å²) in [6, 6.07) is 9.70. The van der Waals surface area contributed by atoms with E-state index in [2.05, 4.69) is 0 Å². The molecular weight excluding hydrogens is 393 g/mol. The monoisotopic (exact) mass is 405 g/mol. The van der Waals surface area contributed by atoms with Crippen molar-refractivity contribution < 1.29 is 13.2 Å². The van der Waals surface area contributed by atoms with E-state index >= 15 is 0 Å². The van der Waals surface area contributed by atoms with E-state index in [-0.39, 0.29) is 14.9 Å². The Morgan fingerprint density at radius 2 is 1.71 bits per heavy atom. The molecule has 0 aliphatic rings. The minimum Gasteiger partial charge on any atom is -0.279 e. The van der Waals surface area contributed by atoms with Crippen LogP contribution in [0.2, 0.25) is 10.0 Å². The van der Waals surface area contributed by atoms with Gasteiger partial charge >= 0.3 is 0 Å². The summed E-state index contributed by atoms with van der Waals surface area (Å²) in [7, 11) is -4.08. The molecule has 0 amide bonds. The van der Waals surface area contributed by atoms with Crippen molar-refractivity contribution in [2.24, 2.45) is 0 Å². The summed E-state index contributed by atoms with van der Waals surface area (Å²) in [5.41, 5.74) is 1.05. The van der Waals surface area contributed by atoms with Crippen LogP contribution in [0, 0.1) is 6.92 Å². The van der Waals surface area contributed by atoms with Crippen LogP contribution in [0.25, 0.3) is 0 Å². The molecule has 2 aromatic rings. The first-order valence-electron chi connectivity index (χ1n) is 6.90. The first-order chi connectivity index (χ1) is 11.2. The van der Waals surface area contributed by atoms with E-state index in [9.17, 15) is 13.2 Å². The molecule has 2 rings (SSSR count). The molecule has 0 N–H and O–H groups in total. The number of carbonyl (C=O) groups is 1. The number of rotatable bonds is 5. The van der Waals surface area contributed by atoms with Crippen LogP contribution in [0.15, 0.2) is 47.4 Å². The lowest BCUT2D eigenvalue weighted by atomic mass is 10.2. The number of para-hydroxylation sites is 1. The lowest BCUT2D eigenvalue weighted by molar-refractivity contribution is -0.112. The first-order valence-corrected chi connectivity index (χ1v) is 9.48. The Morgan fingerprint density at radius 3 is 2.25 bits per heavy atom. The molecule has 8 heteroatoms. The van der Waals surface area contributed by atoms with Gasteiger partial charge in [0.15, 0.2) is 0 Å². The summed E-state index contributed by atoms with van der Waals surface area (Å²) in [5, 5.41) is -0.450. The highest BCUT2D eigenvalue weighted by Gasteiger charge is 2.33. The molecule has 0 heterocycles. The minimum absolute atomic E-state index is 0.0788. The van der Waals surface area contributed by atoms with Crippen LogP contribution in [0.4, 0.5) is 5.69 Å². The zero-order valence-electron chi connectivity index (χ0n) is 12.8. The normalized spacial score (nSPS) is 12.7. The second-order valence-electron chi connectivity index (χ2n) is 5.14. The van der Waals surface area contributed by atoms with Crippen molar-refractivity contribution in [1.82, 2.24) is 0 Å². The smallest absolute Gasteiger partial charge is 0.265 e. The molecular formula is C16H14Cl3NO3S. The highest BCUT2D eigenvalue weighted by Crippen LogP contribution is 2.32. The molecule has 0 aromatic heterocycles. The van der Waals surface area contributed by atoms with Crippen LogP contribution in [-0.4, -0.2) is 19.7 Å². The fraction of sp³-hybridized carbons (Fsp3) is 0.188. The summed E-state index contributed by atoms with van der Waals surface area (Å²) in [6.45, 7) is 3.18. The Bertz CT molecular complexity index is 884. The van der Waals surface area contributed by atoms with Gasteiger partial charge in [-0.1, -0.05) is 41.4 Å². The number of nitrogens with zero attached hydrogens (tertiary/aromatic N) is 1. The summed E-state index contributed by atoms with van der Waals surface area (Å²) in [4.78, 5) is 11.6. The van der Waals surface area contributed by atoms with Crippen molar-refractivity contribution in [2.75, 3.05) is 4.31 Å². The van der Waals surface area contributed by atoms with Crippen molar-refractivity contribution in [2.45, 2.75) is 24.8 Å². The SMILES string of the molecule is Cc1ccccc1N(C(C)C(=O)Cl)S(=O)(=O)c1ccc(Cl)c(Cl)c1. The zero-order valence-corrected chi connectivity index (χ0v) is 15.9. The number of halogens is 3. The van der Waals surface area contributed by atoms with Gasteiger partial charge in [-0.05, 0) is 55.3 Å². The summed E-state index contributed by atoms with van der Waals surface area (Å²) < 4.78 is 27.2. The molecule has 0 spiro atoms. The van der Waals surface area contributed by atoms with Crippen LogP contribution < -0.4 is 4.31 Å². The van der Waals surface area contributed by atoms with Gasteiger partial charge in [-0.25, -0.2) is 8.42 Å². The second kappa shape index (κ2) is 7.31. The third kappa shape index (κ3) is 3.70. The molecule has 0 bridgehead atoms. The predicted octanol–water partition coefficient (Wildman–Crippen LogP) is 4.65. The molecule has 0 aliphatic carbocycles. The van der Waals surface area contributed by atoms with Crippen molar-refractivity contribution >= 4 is 55.8 Å². The molecule has 0 saturated heterocycles. The summed E-state index contributed by atoms with van der Waals surface area (Å²) in [6.07, 6.45) is 0. The highest BCUT2D eigenvalue weighted by atomic mass is 35.5. The van der Waals surface area contributed by atoms with Gasteiger partial charge in [0.25, 0.3) is 10.0 Å². The number of hydrogen-bond acceptors (Lipinski definition) is 3. The van der Waals surface area contributed by atoms with Crippen molar-refractivity contribution in [3.05, 3.63) is 58.1 Å². The van der Waals surface area contributed by atoms with E-state index in [4.69, 9.17) is 34.8 Å². The number of aryl methyl sites for hydroxylation is 1. The van der Waals surface area contributed by atoms with Crippen molar-refractivity contribution in [1.29, 1.82) is 0 Å². The van der Waals surface area contributed by atoms with Crippen molar-refractivity contribution in [3.63, 3.8) is 0 Å². The van der Waals surface area contributed by atoms with E-state index in [1.807, 2.05) is 0 Å². The number of anilines is 1. The molecule has 0 fully saturated rings. The summed E-state index contributed by atoms with van der Waals surface area (Å²) in [5.74, 6) is 0. The Morgan fingerprint density at radius 1 is 1.08 bits per heavy atom. The maximum Gasteiger partial charge on any atom is 0.265 e. The van der Waals surface area contributed by atoms with Gasteiger partial charge in [-0.3, -0.25) is 9.10 Å². The molecule has 0 saturated carbocycles. The lowest BCUT2D eigenvalue weighted by Crippen LogP contribution is -2.42. The minimum atomic E-state index is -4.08. The van der Waals surface area contributed by atoms with Gasteiger partial charge in [0.05, 0.1) is 20.6 Å². The molecule has 4 nitrogen and oxygen atoms in total. The van der Waals surface area contributed by atoms with Gasteiger partial charge in [0, 0.05) is 0 Å². The van der Waals surface area contributed by atoms with E-state index < -0.39 is 21.3 Å². The van der Waals surface area contributed by atoms with Crippen molar-refractivity contribution in [3.8, 4) is 0 Å². The zero-order chi connectivity index (χ0) is 18.1. The number of carbonyl (C=O) groups excluding carboxylic acids is 1. The average Bonchev–Trinajstić information content (AvgIpc) is 2.51. The van der Waals surface area contributed by atoms with E-state index in [1.54, 1.807) is 31.2 Å². The standard InChI is InChI=1S/C16H14Cl3NO3S/c1-10-5-3-4-6-15(10)20(11(2)16(19)21)24(22,23)12-7-8-13(17)14(18)9-12/h3-9,11H,1-2H3. The Hall–Kier alpha value is -1.27. The van der Waals surface area contributed by atoms with Gasteiger partial charge < -0.3 is 0 Å². The number of benzene rings is 2. The van der Waals surface area contributed by atoms with Crippen LogP contribution in [-0.2, 0) is 14.8 Å². The summed E-state index contributed by atoms with van der Waals surface area (Å²) >= 11 is 17.4. The van der Waals surface area contributed by atoms with E-state index in [1.165, 1.54) is 25.1 Å². The lowest BCUT2D eigenvalue weighted by Gasteiger charge is -2.29. The molecule has 24 heavy (non-hydrogen) atoms. The fourth-order valence-electron chi connectivity index (χ4n) is 2.20. The quantitative estimate of drug-likeness (QED) is 0.679. The molecule has 0 radical (unpaired) electrons. The Labute approximate surface area is 156 Å². The number of hydrogen-bond donors (Lipinski definition) is 0. The average molecular weight is 407 g/mol. The van der Waals surface area contributed by atoms with E-state index in [0.29, 0.717) is 11.3 Å². The van der Waals surface area contributed by atoms with E-state index in [0.717, 1.165) is 4.31 Å². The van der Waals surface area contributed by atoms with Gasteiger partial charge in [-0.15, -0.1) is 0 Å². The third-order valence-electron chi connectivity index (χ3n) is 3.48. The van der Waals surface area contributed by atoms with Crippen LogP contribution in [0.5, 0.6) is 0 Å². The van der Waals surface area contributed by atoms with Gasteiger partial charge in [0.1, 0.15) is 6.04 Å². The predicted molar refractivity (Wildman–Crippen MR) is 97.6 cm³/mol. The largest absolute Gasteiger partial charge is 0.279 e. The molecule has 128 valence electrons. The van der Waals surface area contributed by atoms with Crippen LogP contribution in [0.1, 0.15) is 12.5 Å². The molecule has 0 aliphatic heterocycles. The molecule has 1 atom stereocenters. The number of sulfonamides is 1. The molecule has 2 aromatic carbocycles. The van der Waals surface area contributed by atoms with Gasteiger partial charge in [-0.2, -0.15) is 0 Å². The first kappa shape index (κ1) is 19.1. The Kier molecular flexibility index (Phi) is 5.81. The second-order valence-corrected chi connectivity index (χ2v) is 8.15.